The highest BCUT2D eigenvalue weighted by Gasteiger charge is 2.54. The van der Waals surface area contributed by atoms with Crippen molar-refractivity contribution in [3.8, 4) is 0 Å². The van der Waals surface area contributed by atoms with Crippen LogP contribution in [0.25, 0.3) is 0 Å². The summed E-state index contributed by atoms with van der Waals surface area (Å²) in [5.74, 6) is -0.980. The van der Waals surface area contributed by atoms with Gasteiger partial charge in [-0.05, 0) is 23.3 Å². The van der Waals surface area contributed by atoms with Crippen molar-refractivity contribution in [2.75, 3.05) is 13.2 Å². The Morgan fingerprint density at radius 3 is 1.97 bits per heavy atom. The molecule has 1 fully saturated rings. The van der Waals surface area contributed by atoms with E-state index in [4.69, 9.17) is 18.9 Å². The van der Waals surface area contributed by atoms with Crippen LogP contribution in [0.5, 0.6) is 0 Å². The number of aliphatic hydroxyl groups excluding tert-OH is 1. The van der Waals surface area contributed by atoms with Crippen LogP contribution < -0.4 is 0 Å². The summed E-state index contributed by atoms with van der Waals surface area (Å²) in [5, 5.41) is 11.5. The van der Waals surface area contributed by atoms with Gasteiger partial charge in [-0.15, -0.1) is 6.58 Å². The normalized spacial score (nSPS) is 24.5. The van der Waals surface area contributed by atoms with Crippen LogP contribution in [0.15, 0.2) is 97.6 Å². The van der Waals surface area contributed by atoms with E-state index in [-0.39, 0.29) is 30.9 Å². The van der Waals surface area contributed by atoms with Crippen LogP contribution in [0.1, 0.15) is 31.8 Å². The number of carbonyl (C=O) groups excluding carboxylic acids is 2. The molecule has 0 radical (unpaired) electrons. The molecule has 8 nitrogen and oxygen atoms in total. The van der Waals surface area contributed by atoms with Crippen molar-refractivity contribution in [2.45, 2.75) is 43.9 Å². The Balaban J connectivity index is 1.43. The predicted molar refractivity (Wildman–Crippen MR) is 143 cm³/mol. The van der Waals surface area contributed by atoms with Crippen molar-refractivity contribution in [3.05, 3.63) is 120 Å². The van der Waals surface area contributed by atoms with Gasteiger partial charge in [0.1, 0.15) is 24.4 Å². The fraction of sp³-hybridized carbons (Fsp3) is 0.290. The molecular weight excluding hydrogens is 498 g/mol. The number of hydrogen-bond donors (Lipinski definition) is 1. The number of benzene rings is 3. The lowest BCUT2D eigenvalue weighted by Crippen LogP contribution is -2.66. The Labute approximate surface area is 227 Å². The summed E-state index contributed by atoms with van der Waals surface area (Å²) >= 11 is 0. The van der Waals surface area contributed by atoms with E-state index in [0.717, 1.165) is 16.0 Å². The molecule has 1 N–H and O–H groups in total. The molecule has 0 saturated carbocycles. The Bertz CT molecular complexity index is 1250. The highest BCUT2D eigenvalue weighted by molar-refractivity contribution is 6.21. The Hall–Kier alpha value is -3.66. The number of amides is 2. The van der Waals surface area contributed by atoms with Gasteiger partial charge in [0.15, 0.2) is 6.29 Å². The van der Waals surface area contributed by atoms with Gasteiger partial charge in [-0.1, -0.05) is 78.9 Å². The van der Waals surface area contributed by atoms with E-state index in [1.807, 2.05) is 60.7 Å². The molecule has 202 valence electrons. The first-order chi connectivity index (χ1) is 19.1. The van der Waals surface area contributed by atoms with E-state index in [0.29, 0.717) is 6.61 Å². The van der Waals surface area contributed by atoms with Crippen LogP contribution in [0.4, 0.5) is 0 Å². The zero-order valence-corrected chi connectivity index (χ0v) is 21.4. The predicted octanol–water partition coefficient (Wildman–Crippen LogP) is 3.74. The summed E-state index contributed by atoms with van der Waals surface area (Å²) < 4.78 is 24.3. The van der Waals surface area contributed by atoms with Crippen LogP contribution >= 0.6 is 0 Å². The molecule has 0 aliphatic carbocycles. The minimum atomic E-state index is -1.22. The Kier molecular flexibility index (Phi) is 8.61. The van der Waals surface area contributed by atoms with E-state index in [2.05, 4.69) is 6.58 Å². The van der Waals surface area contributed by atoms with Crippen LogP contribution in [0.3, 0.4) is 0 Å². The summed E-state index contributed by atoms with van der Waals surface area (Å²) in [6.07, 6.45) is -2.60. The minimum absolute atomic E-state index is 0.0457. The van der Waals surface area contributed by atoms with Crippen LogP contribution in [-0.4, -0.2) is 65.7 Å². The van der Waals surface area contributed by atoms with Gasteiger partial charge >= 0.3 is 0 Å². The maximum Gasteiger partial charge on any atom is 0.262 e. The van der Waals surface area contributed by atoms with Crippen LogP contribution in [0, 0.1) is 0 Å². The molecule has 8 heteroatoms. The molecule has 1 saturated heterocycles. The third-order valence-electron chi connectivity index (χ3n) is 6.82. The van der Waals surface area contributed by atoms with E-state index in [1.165, 1.54) is 0 Å². The minimum Gasteiger partial charge on any atom is -0.388 e. The molecule has 0 spiro atoms. The number of carbonyl (C=O) groups is 2. The highest BCUT2D eigenvalue weighted by atomic mass is 16.7. The number of rotatable bonds is 11. The molecule has 2 amide bonds. The smallest absolute Gasteiger partial charge is 0.262 e. The van der Waals surface area contributed by atoms with Crippen LogP contribution in [-0.2, 0) is 32.2 Å². The van der Waals surface area contributed by atoms with Crippen molar-refractivity contribution in [1.82, 2.24) is 4.90 Å². The van der Waals surface area contributed by atoms with E-state index in [9.17, 15) is 14.7 Å². The van der Waals surface area contributed by atoms with Gasteiger partial charge in [0.25, 0.3) is 11.8 Å². The van der Waals surface area contributed by atoms with Crippen molar-refractivity contribution >= 4 is 11.8 Å². The fourth-order valence-corrected chi connectivity index (χ4v) is 4.92. The molecular formula is C31H31NO7. The third-order valence-corrected chi connectivity index (χ3v) is 6.82. The average Bonchev–Trinajstić information content (AvgIpc) is 3.22. The Morgan fingerprint density at radius 2 is 1.38 bits per heavy atom. The molecule has 0 aromatic heterocycles. The topological polar surface area (TPSA) is 94.5 Å². The molecule has 39 heavy (non-hydrogen) atoms. The molecule has 3 aromatic carbocycles. The van der Waals surface area contributed by atoms with Gasteiger partial charge in [0.05, 0.1) is 37.6 Å². The maximum atomic E-state index is 13.5. The molecule has 5 rings (SSSR count). The Morgan fingerprint density at radius 1 is 0.821 bits per heavy atom. The quantitative estimate of drug-likeness (QED) is 0.299. The van der Waals surface area contributed by atoms with Crippen molar-refractivity contribution < 1.29 is 33.6 Å². The maximum absolute atomic E-state index is 13.5. The lowest BCUT2D eigenvalue weighted by Gasteiger charge is -2.46. The highest BCUT2D eigenvalue weighted by Crippen LogP contribution is 2.34. The number of aliphatic hydroxyl groups is 1. The molecule has 5 atom stereocenters. The number of ether oxygens (including phenoxy) is 4. The summed E-state index contributed by atoms with van der Waals surface area (Å²) in [6.45, 7) is 4.32. The van der Waals surface area contributed by atoms with Crippen molar-refractivity contribution in [1.29, 1.82) is 0 Å². The molecule has 2 heterocycles. The fourth-order valence-electron chi connectivity index (χ4n) is 4.92. The summed E-state index contributed by atoms with van der Waals surface area (Å²) in [5.41, 5.74) is 2.42. The zero-order chi connectivity index (χ0) is 27.2. The lowest BCUT2D eigenvalue weighted by molar-refractivity contribution is -0.287. The van der Waals surface area contributed by atoms with E-state index < -0.39 is 42.5 Å². The largest absolute Gasteiger partial charge is 0.388 e. The molecule has 2 unspecified atom stereocenters. The van der Waals surface area contributed by atoms with Crippen molar-refractivity contribution in [2.24, 2.45) is 0 Å². The first-order valence-electron chi connectivity index (χ1n) is 12.9. The molecule has 2 aliphatic rings. The number of nitrogens with zero attached hydrogens (tertiary/aromatic N) is 1. The van der Waals surface area contributed by atoms with Gasteiger partial charge in [-0.2, -0.15) is 0 Å². The zero-order valence-electron chi connectivity index (χ0n) is 21.4. The molecule has 3 aromatic rings. The van der Waals surface area contributed by atoms with Gasteiger partial charge in [-0.3, -0.25) is 14.5 Å². The second kappa shape index (κ2) is 12.5. The van der Waals surface area contributed by atoms with Gasteiger partial charge < -0.3 is 24.1 Å². The van der Waals surface area contributed by atoms with Crippen LogP contribution in [0.2, 0.25) is 0 Å². The monoisotopic (exact) mass is 529 g/mol. The van der Waals surface area contributed by atoms with E-state index >= 15 is 0 Å². The average molecular weight is 530 g/mol. The van der Waals surface area contributed by atoms with Gasteiger partial charge in [0, 0.05) is 0 Å². The molecule has 2 aliphatic heterocycles. The van der Waals surface area contributed by atoms with Gasteiger partial charge in [0.2, 0.25) is 0 Å². The first-order valence-corrected chi connectivity index (χ1v) is 12.9. The van der Waals surface area contributed by atoms with Crippen molar-refractivity contribution in [3.63, 3.8) is 0 Å². The molecule has 0 bridgehead atoms. The SMILES string of the molecule is C=CCO[C@@H]1OC(COCc2ccccc2)[C@@H](O)[C@H](OCc2ccccc2)C1N1C(=O)c2ccccc2C1=O. The van der Waals surface area contributed by atoms with Gasteiger partial charge in [-0.25, -0.2) is 0 Å². The first kappa shape index (κ1) is 26.9. The number of hydrogen-bond acceptors (Lipinski definition) is 7. The third kappa shape index (κ3) is 5.85. The second-order valence-electron chi connectivity index (χ2n) is 9.43. The lowest BCUT2D eigenvalue weighted by atomic mass is 9.95. The number of fused-ring (bicyclic) bond motifs is 1. The second-order valence-corrected chi connectivity index (χ2v) is 9.43. The summed E-state index contributed by atoms with van der Waals surface area (Å²) in [4.78, 5) is 28.0. The van der Waals surface area contributed by atoms with E-state index in [1.54, 1.807) is 30.3 Å². The standard InChI is InChI=1S/C31H31NO7/c1-2-17-37-31-26(32-29(34)23-15-9-10-16-24(23)30(32)35)28(38-19-22-13-7-4-8-14-22)27(33)25(39-31)20-36-18-21-11-5-3-6-12-21/h2-16,25-28,31,33H,1,17-20H2/t25?,26?,27-,28-,31-/m1/s1. The number of imide groups is 1. The summed E-state index contributed by atoms with van der Waals surface area (Å²) in [6, 6.07) is 24.7. The summed E-state index contributed by atoms with van der Waals surface area (Å²) in [7, 11) is 0.